The Labute approximate surface area is 148 Å². The van der Waals surface area contributed by atoms with E-state index in [-0.39, 0.29) is 10.8 Å². The Hall–Kier alpha value is -2.34. The van der Waals surface area contributed by atoms with Crippen molar-refractivity contribution in [2.24, 2.45) is 0 Å². The summed E-state index contributed by atoms with van der Waals surface area (Å²) in [6, 6.07) is 16.3. The normalized spacial score (nSPS) is 11.1. The molecule has 0 unspecified atom stereocenters. The molecule has 0 radical (unpaired) electrons. The maximum atomic E-state index is 11.8. The minimum absolute atomic E-state index is 0.00644. The maximum Gasteiger partial charge on any atom is 0.220 e. The van der Waals surface area contributed by atoms with Crippen molar-refractivity contribution in [3.8, 4) is 5.75 Å². The minimum Gasteiger partial charge on any atom is -0.494 e. The predicted octanol–water partition coefficient (Wildman–Crippen LogP) is 2.61. The fraction of sp³-hybridized carbons (Fsp3) is 0.316. The second-order valence-electron chi connectivity index (χ2n) is 5.78. The number of amides is 1. The van der Waals surface area contributed by atoms with E-state index >= 15 is 0 Å². The van der Waals surface area contributed by atoms with Gasteiger partial charge in [0, 0.05) is 19.2 Å². The zero-order valence-electron chi connectivity index (χ0n) is 14.3. The van der Waals surface area contributed by atoms with Gasteiger partial charge in [0.2, 0.25) is 5.91 Å². The number of carbonyl (C=O) groups is 1. The molecule has 1 N–H and O–H groups in total. The number of nitrogens with one attached hydrogen (secondary N) is 1. The SMILES string of the molecule is CS(=O)(=O)c1ccc(OCCCC(=O)NCCc2ccccc2)cc1. The highest BCUT2D eigenvalue weighted by Crippen LogP contribution is 2.16. The zero-order chi connectivity index (χ0) is 18.1. The van der Waals surface area contributed by atoms with E-state index in [9.17, 15) is 13.2 Å². The third-order valence-corrected chi connectivity index (χ3v) is 4.78. The van der Waals surface area contributed by atoms with Crippen LogP contribution in [0, 0.1) is 0 Å². The highest BCUT2D eigenvalue weighted by Gasteiger charge is 2.06. The Morgan fingerprint density at radius 2 is 1.72 bits per heavy atom. The van der Waals surface area contributed by atoms with Gasteiger partial charge in [-0.3, -0.25) is 4.79 Å². The van der Waals surface area contributed by atoms with Crippen LogP contribution in [0.4, 0.5) is 0 Å². The lowest BCUT2D eigenvalue weighted by Crippen LogP contribution is -2.25. The first-order valence-electron chi connectivity index (χ1n) is 8.19. The van der Waals surface area contributed by atoms with E-state index < -0.39 is 9.84 Å². The fourth-order valence-electron chi connectivity index (χ4n) is 2.29. The standard InChI is InChI=1S/C19H23NO4S/c1-25(22,23)18-11-9-17(10-12-18)24-15-5-8-19(21)20-14-13-16-6-3-2-4-7-16/h2-4,6-7,9-12H,5,8,13-15H2,1H3,(H,20,21). The summed E-state index contributed by atoms with van der Waals surface area (Å²) in [6.07, 6.45) is 2.98. The lowest BCUT2D eigenvalue weighted by atomic mass is 10.1. The van der Waals surface area contributed by atoms with Gasteiger partial charge in [-0.1, -0.05) is 30.3 Å². The first kappa shape index (κ1) is 19.0. The highest BCUT2D eigenvalue weighted by atomic mass is 32.2. The smallest absolute Gasteiger partial charge is 0.220 e. The van der Waals surface area contributed by atoms with Crippen LogP contribution >= 0.6 is 0 Å². The number of hydrogen-bond acceptors (Lipinski definition) is 4. The van der Waals surface area contributed by atoms with Crippen LogP contribution < -0.4 is 10.1 Å². The largest absolute Gasteiger partial charge is 0.494 e. The summed E-state index contributed by atoms with van der Waals surface area (Å²) in [5, 5.41) is 2.89. The van der Waals surface area contributed by atoms with Crippen LogP contribution in [0.1, 0.15) is 18.4 Å². The molecule has 0 aliphatic rings. The molecule has 0 spiro atoms. The zero-order valence-corrected chi connectivity index (χ0v) is 15.1. The molecule has 0 heterocycles. The van der Waals surface area contributed by atoms with E-state index in [4.69, 9.17) is 4.74 Å². The Kier molecular flexibility index (Phi) is 7.01. The van der Waals surface area contributed by atoms with Gasteiger partial charge >= 0.3 is 0 Å². The van der Waals surface area contributed by atoms with Gasteiger partial charge in [-0.15, -0.1) is 0 Å². The van der Waals surface area contributed by atoms with Crippen molar-refractivity contribution in [1.82, 2.24) is 5.32 Å². The molecule has 0 saturated carbocycles. The molecule has 2 aromatic rings. The van der Waals surface area contributed by atoms with Gasteiger partial charge in [0.25, 0.3) is 0 Å². The van der Waals surface area contributed by atoms with E-state index in [1.807, 2.05) is 30.3 Å². The third-order valence-electron chi connectivity index (χ3n) is 3.65. The van der Waals surface area contributed by atoms with Gasteiger partial charge in [0.05, 0.1) is 11.5 Å². The van der Waals surface area contributed by atoms with Gasteiger partial charge in [-0.25, -0.2) is 8.42 Å². The Morgan fingerprint density at radius 1 is 1.04 bits per heavy atom. The lowest BCUT2D eigenvalue weighted by Gasteiger charge is -2.08. The van der Waals surface area contributed by atoms with Crippen LogP contribution in [0.2, 0.25) is 0 Å². The maximum absolute atomic E-state index is 11.8. The summed E-state index contributed by atoms with van der Waals surface area (Å²) in [7, 11) is -3.19. The van der Waals surface area contributed by atoms with Crippen molar-refractivity contribution in [2.45, 2.75) is 24.2 Å². The first-order valence-corrected chi connectivity index (χ1v) is 10.1. The van der Waals surface area contributed by atoms with Crippen LogP contribution in [-0.4, -0.2) is 33.7 Å². The molecule has 2 rings (SSSR count). The van der Waals surface area contributed by atoms with Crippen molar-refractivity contribution in [3.63, 3.8) is 0 Å². The van der Waals surface area contributed by atoms with Crippen LogP contribution in [0.25, 0.3) is 0 Å². The number of hydrogen-bond donors (Lipinski definition) is 1. The second kappa shape index (κ2) is 9.22. The predicted molar refractivity (Wildman–Crippen MR) is 97.4 cm³/mol. The summed E-state index contributed by atoms with van der Waals surface area (Å²) in [5.74, 6) is 0.601. The number of carbonyl (C=O) groups excluding carboxylic acids is 1. The molecule has 0 aliphatic heterocycles. The summed E-state index contributed by atoms with van der Waals surface area (Å²) in [6.45, 7) is 1.03. The van der Waals surface area contributed by atoms with Crippen LogP contribution in [0.5, 0.6) is 5.75 Å². The molecular weight excluding hydrogens is 338 g/mol. The van der Waals surface area contributed by atoms with Crippen molar-refractivity contribution >= 4 is 15.7 Å². The van der Waals surface area contributed by atoms with Crippen molar-refractivity contribution in [3.05, 3.63) is 60.2 Å². The third kappa shape index (κ3) is 6.97. The van der Waals surface area contributed by atoms with Crippen LogP contribution in [0.3, 0.4) is 0 Å². The molecule has 0 fully saturated rings. The summed E-state index contributed by atoms with van der Waals surface area (Å²) in [5.41, 5.74) is 1.20. The number of rotatable bonds is 9. The van der Waals surface area contributed by atoms with E-state index in [0.717, 1.165) is 6.42 Å². The molecule has 5 nitrogen and oxygen atoms in total. The molecule has 0 aliphatic carbocycles. The quantitative estimate of drug-likeness (QED) is 0.697. The number of ether oxygens (including phenoxy) is 1. The Bertz CT molecular complexity index is 771. The summed E-state index contributed by atoms with van der Waals surface area (Å²) < 4.78 is 28.3. The van der Waals surface area contributed by atoms with Gasteiger partial charge in [0.1, 0.15) is 5.75 Å². The Balaban J connectivity index is 1.61. The fourth-order valence-corrected chi connectivity index (χ4v) is 2.92. The lowest BCUT2D eigenvalue weighted by molar-refractivity contribution is -0.121. The molecule has 1 amide bonds. The van der Waals surface area contributed by atoms with Gasteiger partial charge in [0.15, 0.2) is 9.84 Å². The number of sulfone groups is 1. The van der Waals surface area contributed by atoms with E-state index in [2.05, 4.69) is 5.32 Å². The Morgan fingerprint density at radius 3 is 2.36 bits per heavy atom. The average Bonchev–Trinajstić information content (AvgIpc) is 2.59. The molecule has 0 bridgehead atoms. The van der Waals surface area contributed by atoms with Crippen molar-refractivity contribution in [1.29, 1.82) is 0 Å². The molecule has 0 aromatic heterocycles. The van der Waals surface area contributed by atoms with E-state index in [1.165, 1.54) is 24.0 Å². The second-order valence-corrected chi connectivity index (χ2v) is 7.80. The molecule has 25 heavy (non-hydrogen) atoms. The average molecular weight is 361 g/mol. The molecule has 134 valence electrons. The van der Waals surface area contributed by atoms with Crippen LogP contribution in [-0.2, 0) is 21.1 Å². The molecule has 0 saturated heterocycles. The highest BCUT2D eigenvalue weighted by molar-refractivity contribution is 7.90. The first-order chi connectivity index (χ1) is 11.9. The molecular formula is C19H23NO4S. The number of benzene rings is 2. The van der Waals surface area contributed by atoms with Gasteiger partial charge in [-0.2, -0.15) is 0 Å². The topological polar surface area (TPSA) is 72.5 Å². The summed E-state index contributed by atoms with van der Waals surface area (Å²) >= 11 is 0. The molecule has 6 heteroatoms. The van der Waals surface area contributed by atoms with E-state index in [0.29, 0.717) is 31.7 Å². The van der Waals surface area contributed by atoms with Crippen molar-refractivity contribution < 1.29 is 17.9 Å². The van der Waals surface area contributed by atoms with E-state index in [1.54, 1.807) is 12.1 Å². The summed E-state index contributed by atoms with van der Waals surface area (Å²) in [4.78, 5) is 12.0. The van der Waals surface area contributed by atoms with Crippen LogP contribution in [0.15, 0.2) is 59.5 Å². The van der Waals surface area contributed by atoms with Crippen molar-refractivity contribution in [2.75, 3.05) is 19.4 Å². The van der Waals surface area contributed by atoms with Gasteiger partial charge < -0.3 is 10.1 Å². The monoisotopic (exact) mass is 361 g/mol. The molecule has 0 atom stereocenters. The minimum atomic E-state index is -3.19. The van der Waals surface area contributed by atoms with Gasteiger partial charge in [-0.05, 0) is 42.7 Å². The molecule has 2 aromatic carbocycles.